The Labute approximate surface area is 837 Å². The van der Waals surface area contributed by atoms with Gasteiger partial charge in [0.25, 0.3) is 0 Å². The number of rotatable bonds is 10. The Morgan fingerprint density at radius 1 is 0.341 bits per heavy atom. The van der Waals surface area contributed by atoms with Gasteiger partial charge in [0.15, 0.2) is 0 Å². The third-order valence-corrected chi connectivity index (χ3v) is 48.3. The molecule has 10 heteroatoms. The van der Waals surface area contributed by atoms with Crippen LogP contribution in [-0.4, -0.2) is 43.7 Å². The van der Waals surface area contributed by atoms with Gasteiger partial charge in [-0.05, 0) is 250 Å². The van der Waals surface area contributed by atoms with E-state index in [-0.39, 0.29) is 157 Å². The van der Waals surface area contributed by atoms with Gasteiger partial charge in [0.2, 0.25) is 0 Å². The van der Waals surface area contributed by atoms with Crippen molar-refractivity contribution in [2.75, 3.05) is 0 Å². The van der Waals surface area contributed by atoms with E-state index in [0.29, 0.717) is 0 Å². The molecule has 0 aromatic rings. The largest absolute Gasteiger partial charge is 4.00 e. The SMILES string of the molecule is C=C1C2CCCCC2C2CC([Si](C)(C)[N-]C(C)(C)C)CC2C2CCCCC12.C=C1CC2CCCC3C2C(CC3[Si]([CH2-])(C)C)C2CCCCC12.C=C1CC2CCCCC2C2CC([Si]([CH2-])(C)C)C3CCCC1C23.C=C=C1C2CCCCC2C2CC([Si](C)(C)[N-]C(C)(C)C)CC2C2CCCCC12.C=C[C-](C)C=C.C=C[C-](C)C=C.[CH3-].[CH3-].[CH3-].[CH3-].[CH3-].[CH3-].[CH3-].[CH3-].[Ti+3].[Ti+3].[Ti+4].[Ti+4]. The molecule has 26 unspecified atom stereocenters. The monoisotopic (exact) mass is 1890 g/mol. The topological polar surface area (TPSA) is 28.2 Å². The van der Waals surface area contributed by atoms with Crippen molar-refractivity contribution >= 4 is 32.6 Å². The first-order chi connectivity index (χ1) is 52.4. The van der Waals surface area contributed by atoms with Gasteiger partial charge in [-0.2, -0.15) is 62.5 Å². The summed E-state index contributed by atoms with van der Waals surface area (Å²) in [5.41, 5.74) is 14.4. The van der Waals surface area contributed by atoms with Crippen LogP contribution in [0.3, 0.4) is 0 Å². The minimum absolute atomic E-state index is 0. The van der Waals surface area contributed by atoms with Gasteiger partial charge in [-0.25, -0.2) is 0 Å². The Balaban J connectivity index is 0. The maximum Gasteiger partial charge on any atom is 4.00 e. The predicted molar refractivity (Wildman–Crippen MR) is 551 cm³/mol. The van der Waals surface area contributed by atoms with Crippen molar-refractivity contribution in [3.05, 3.63) is 199 Å². The van der Waals surface area contributed by atoms with Gasteiger partial charge in [-0.3, -0.25) is 0 Å². The fourth-order valence-electron chi connectivity index (χ4n) is 31.3. The van der Waals surface area contributed by atoms with Crippen molar-refractivity contribution in [1.82, 2.24) is 0 Å². The van der Waals surface area contributed by atoms with E-state index in [4.69, 9.17) is 29.6 Å². The van der Waals surface area contributed by atoms with Crippen LogP contribution in [0.15, 0.2) is 105 Å². The molecule has 0 bridgehead atoms. The van der Waals surface area contributed by atoms with Crippen LogP contribution in [0, 0.1) is 226 Å². The van der Waals surface area contributed by atoms with Crippen molar-refractivity contribution in [2.24, 2.45) is 142 Å². The molecule has 0 N–H and O–H groups in total. The molecule has 0 heterocycles. The summed E-state index contributed by atoms with van der Waals surface area (Å²) < 4.78 is 0. The summed E-state index contributed by atoms with van der Waals surface area (Å²) >= 11 is 0. The average molecular weight is 1890 g/mol. The van der Waals surface area contributed by atoms with E-state index < -0.39 is 32.6 Å². The van der Waals surface area contributed by atoms with E-state index in [0.717, 1.165) is 176 Å². The van der Waals surface area contributed by atoms with Gasteiger partial charge < -0.3 is 82.5 Å². The summed E-state index contributed by atoms with van der Waals surface area (Å²) in [5, 5.41) is 0. The Morgan fingerprint density at radius 2 is 0.610 bits per heavy atom. The molecule has 0 spiro atoms. The van der Waals surface area contributed by atoms with Crippen LogP contribution in [0.25, 0.3) is 9.96 Å². The second-order valence-corrected chi connectivity index (χ2v) is 64.4. The molecule has 16 rings (SSSR count). The zero-order chi connectivity index (χ0) is 80.4. The molecule has 0 aromatic heterocycles. The molecular weight excluding hydrogens is 1690 g/mol. The van der Waals surface area contributed by atoms with Crippen molar-refractivity contribution in [2.45, 2.75) is 385 Å². The number of nitrogens with zero attached hydrogens (tertiary/aromatic N) is 2. The summed E-state index contributed by atoms with van der Waals surface area (Å²) in [6, 6.07) is 0. The molecule has 0 aliphatic heterocycles. The first-order valence-corrected chi connectivity index (χ1v) is 60.8. The summed E-state index contributed by atoms with van der Waals surface area (Å²) in [6.07, 6.45) is 63.1. The van der Waals surface area contributed by atoms with E-state index in [1.165, 1.54) is 231 Å². The Bertz CT molecular complexity index is 3070. The number of hydrogen-bond donors (Lipinski definition) is 0. The summed E-state index contributed by atoms with van der Waals surface area (Å²) in [5.74, 6) is 25.3. The summed E-state index contributed by atoms with van der Waals surface area (Å²) in [4.78, 5) is 10.9. The van der Waals surface area contributed by atoms with Crippen molar-refractivity contribution < 1.29 is 86.9 Å². The van der Waals surface area contributed by atoms with Crippen LogP contribution in [0.5, 0.6) is 0 Å². The Morgan fingerprint density at radius 3 is 0.959 bits per heavy atom. The molecule has 0 saturated heterocycles. The molecule has 2 nitrogen and oxygen atoms in total. The van der Waals surface area contributed by atoms with Gasteiger partial charge in [0.05, 0.1) is 0 Å². The Kier molecular flexibility index (Phi) is 55.5. The molecule has 16 aliphatic carbocycles. The number of fused-ring (bicyclic) bond motifs is 14. The quantitative estimate of drug-likeness (QED) is 0.0903. The van der Waals surface area contributed by atoms with Gasteiger partial charge in [-0.15, -0.1) is 16.8 Å². The first kappa shape index (κ1) is 126. The minimum atomic E-state index is -1.56. The summed E-state index contributed by atoms with van der Waals surface area (Å²) in [7, 11) is -5.62. The van der Waals surface area contributed by atoms with Gasteiger partial charge >= 0.3 is 86.9 Å². The molecule has 16 aliphatic rings. The molecule has 694 valence electrons. The smallest absolute Gasteiger partial charge is 0.660 e. The third kappa shape index (κ3) is 30.0. The van der Waals surface area contributed by atoms with E-state index in [2.05, 4.69) is 146 Å². The molecular formula is C113H200N2Si4Ti4. The van der Waals surface area contributed by atoms with Crippen molar-refractivity contribution in [3.63, 3.8) is 0 Å². The molecule has 16 fully saturated rings. The Hall–Kier alpha value is 1.08. The second-order valence-electron chi connectivity index (χ2n) is 46.3. The van der Waals surface area contributed by atoms with Crippen LogP contribution in [-0.2, 0) is 86.9 Å². The molecule has 0 amide bonds. The summed E-state index contributed by atoms with van der Waals surface area (Å²) in [6.45, 7) is 80.0. The zero-order valence-electron chi connectivity index (χ0n) is 85.8. The van der Waals surface area contributed by atoms with Gasteiger partial charge in [0.1, 0.15) is 0 Å². The van der Waals surface area contributed by atoms with E-state index in [9.17, 15) is 0 Å². The number of allylic oxidation sites excluding steroid dienone is 8. The second kappa shape index (κ2) is 54.1. The van der Waals surface area contributed by atoms with Crippen molar-refractivity contribution in [3.8, 4) is 0 Å². The van der Waals surface area contributed by atoms with E-state index >= 15 is 0 Å². The van der Waals surface area contributed by atoms with Crippen LogP contribution >= 0.6 is 0 Å². The van der Waals surface area contributed by atoms with Crippen molar-refractivity contribution in [1.29, 1.82) is 0 Å². The fraction of sp³-hybridized carbons (Fsp3) is 0.743. The minimum Gasteiger partial charge on any atom is -0.660 e. The average Bonchev–Trinajstić information content (AvgIpc) is 1.60. The van der Waals surface area contributed by atoms with Crippen LogP contribution in [0.1, 0.15) is 299 Å². The van der Waals surface area contributed by atoms with Crippen LogP contribution < -0.4 is 0 Å². The maximum atomic E-state index is 5.46. The molecule has 0 aromatic carbocycles. The maximum absolute atomic E-state index is 5.46. The normalized spacial score (nSPS) is 36.9. The van der Waals surface area contributed by atoms with E-state index in [1.807, 2.05) is 13.8 Å². The van der Waals surface area contributed by atoms with Crippen LogP contribution in [0.4, 0.5) is 0 Å². The van der Waals surface area contributed by atoms with Gasteiger partial charge in [0, 0.05) is 0 Å². The van der Waals surface area contributed by atoms with E-state index in [1.54, 1.807) is 59.4 Å². The number of hydrogen-bond acceptors (Lipinski definition) is 0. The van der Waals surface area contributed by atoms with Crippen LogP contribution in [0.2, 0.25) is 74.5 Å². The predicted octanol–water partition coefficient (Wildman–Crippen LogP) is 36.1. The standard InChI is InChI=1S/C26H44NSi.C25H44NSi.2C21H35Si.2C6H9.8CH3.4Ti/c1-7-19-20-12-8-10-14-22(20)24-16-18(28(5,6)27-26(2,3)4)17-25(24)23-15-11-9-13-21(19)23;1-17-19-11-7-9-13-21(19)23-15-18(27(5,6)26-25(2,3)4)16-24(23)22-14-10-8-12-20(17)22;1-14-12-15-8-7-11-18-20(22(2,3)4)13-19(21(15)18)17-10-6-5-9-16(14)17;1-14-12-15-8-5-6-9-17(15)19-13-20(22(2,3)4)18-11-7-10-16(14)21(18)19;2*1-4-6(3)5-2;;;;;;;;;;;;/h18,20-25H,1,8-17H2,2-6H3;18-24H,1,7-16H2,2-6H3;2*15-21H,1-2,5-13H2,3-4H3;2*4-5H,1-2H2,3H3;8*1H3;;;;/q14*-1;2*+3;2*+4. The molecule has 16 saturated carbocycles. The molecule has 2 radical (unpaired) electrons. The fourth-order valence-corrected chi connectivity index (χ4v) is 43.5. The molecule has 123 heavy (non-hydrogen) atoms. The zero-order valence-corrected chi connectivity index (χ0v) is 96.1. The van der Waals surface area contributed by atoms with Gasteiger partial charge in [-0.1, -0.05) is 347 Å². The third-order valence-electron chi connectivity index (χ3n) is 35.5. The first-order valence-electron chi connectivity index (χ1n) is 48.2. The molecule has 26 atom stereocenters.